The topological polar surface area (TPSA) is 55.7 Å². The number of nitrogens with zero attached hydrogens (tertiary/aromatic N) is 1. The summed E-state index contributed by atoms with van der Waals surface area (Å²) in [5.74, 6) is -0.272. The lowest BCUT2D eigenvalue weighted by Gasteiger charge is -2.23. The van der Waals surface area contributed by atoms with Gasteiger partial charge >= 0.3 is 5.97 Å². The maximum atomic E-state index is 11.2. The lowest BCUT2D eigenvalue weighted by molar-refractivity contribution is -0.146. The van der Waals surface area contributed by atoms with Crippen molar-refractivity contribution in [2.45, 2.75) is 31.7 Å². The number of isocyanates is 1. The second-order valence-electron chi connectivity index (χ2n) is 3.26. The van der Waals surface area contributed by atoms with Crippen LogP contribution in [0.25, 0.3) is 0 Å². The lowest BCUT2D eigenvalue weighted by atomic mass is 9.86. The maximum Gasteiger partial charge on any atom is 0.308 e. The summed E-state index contributed by atoms with van der Waals surface area (Å²) in [4.78, 5) is 24.8. The van der Waals surface area contributed by atoms with Crippen LogP contribution in [0, 0.1) is 5.92 Å². The van der Waals surface area contributed by atoms with Crippen LogP contribution in [0.1, 0.15) is 25.7 Å². The van der Waals surface area contributed by atoms with Crippen LogP contribution in [0.3, 0.4) is 0 Å². The Hall–Kier alpha value is -1.15. The molecule has 0 radical (unpaired) electrons. The van der Waals surface area contributed by atoms with Gasteiger partial charge in [0.15, 0.2) is 0 Å². The van der Waals surface area contributed by atoms with Gasteiger partial charge < -0.3 is 4.74 Å². The van der Waals surface area contributed by atoms with Crippen molar-refractivity contribution in [2.75, 3.05) is 7.11 Å². The van der Waals surface area contributed by atoms with Crippen LogP contribution in [0.15, 0.2) is 4.99 Å². The van der Waals surface area contributed by atoms with E-state index >= 15 is 0 Å². The first-order valence-electron chi connectivity index (χ1n) is 4.42. The second-order valence-corrected chi connectivity index (χ2v) is 3.26. The van der Waals surface area contributed by atoms with Crippen LogP contribution in [0.2, 0.25) is 0 Å². The quantitative estimate of drug-likeness (QED) is 0.365. The summed E-state index contributed by atoms with van der Waals surface area (Å²) in [6.07, 6.45) is 4.81. The number of rotatable bonds is 2. The van der Waals surface area contributed by atoms with E-state index in [2.05, 4.69) is 9.73 Å². The predicted molar refractivity (Wildman–Crippen MR) is 45.9 cm³/mol. The summed E-state index contributed by atoms with van der Waals surface area (Å²) in [5, 5.41) is 0. The van der Waals surface area contributed by atoms with Gasteiger partial charge in [0, 0.05) is 0 Å². The average molecular weight is 183 g/mol. The van der Waals surface area contributed by atoms with Crippen molar-refractivity contribution in [2.24, 2.45) is 10.9 Å². The van der Waals surface area contributed by atoms with Crippen LogP contribution < -0.4 is 0 Å². The molecule has 2 atom stereocenters. The Morgan fingerprint density at radius 1 is 1.54 bits per heavy atom. The summed E-state index contributed by atoms with van der Waals surface area (Å²) in [6, 6.07) is -0.0321. The van der Waals surface area contributed by atoms with Gasteiger partial charge in [0.25, 0.3) is 0 Å². The molecule has 4 heteroatoms. The Labute approximate surface area is 77.0 Å². The molecular formula is C9H13NO3. The SMILES string of the molecule is COC(=O)[C@H]1CCC[C@@H](N=C=O)C1. The minimum Gasteiger partial charge on any atom is -0.469 e. The van der Waals surface area contributed by atoms with E-state index in [0.717, 1.165) is 19.3 Å². The van der Waals surface area contributed by atoms with Gasteiger partial charge in [-0.15, -0.1) is 0 Å². The lowest BCUT2D eigenvalue weighted by Crippen LogP contribution is -2.25. The van der Waals surface area contributed by atoms with E-state index in [4.69, 9.17) is 0 Å². The first-order valence-corrected chi connectivity index (χ1v) is 4.42. The molecule has 4 nitrogen and oxygen atoms in total. The molecule has 0 spiro atoms. The highest BCUT2D eigenvalue weighted by molar-refractivity contribution is 5.72. The van der Waals surface area contributed by atoms with Gasteiger partial charge in [-0.2, -0.15) is 0 Å². The minimum atomic E-state index is -0.189. The van der Waals surface area contributed by atoms with Gasteiger partial charge in [-0.25, -0.2) is 9.79 Å². The molecule has 1 rings (SSSR count). The molecule has 1 aliphatic carbocycles. The maximum absolute atomic E-state index is 11.2. The van der Waals surface area contributed by atoms with Gasteiger partial charge in [0.2, 0.25) is 6.08 Å². The summed E-state index contributed by atoms with van der Waals surface area (Å²) in [5.41, 5.74) is 0. The Morgan fingerprint density at radius 2 is 2.31 bits per heavy atom. The first kappa shape index (κ1) is 9.93. The number of ether oxygens (including phenoxy) is 1. The van der Waals surface area contributed by atoms with E-state index in [1.165, 1.54) is 13.2 Å². The molecule has 1 saturated carbocycles. The van der Waals surface area contributed by atoms with Gasteiger partial charge in [0.05, 0.1) is 19.1 Å². The zero-order chi connectivity index (χ0) is 9.68. The van der Waals surface area contributed by atoms with Crippen molar-refractivity contribution >= 4 is 12.0 Å². The van der Waals surface area contributed by atoms with E-state index in [1.807, 2.05) is 0 Å². The van der Waals surface area contributed by atoms with Gasteiger partial charge in [-0.1, -0.05) is 6.42 Å². The molecule has 0 N–H and O–H groups in total. The molecule has 0 aromatic heterocycles. The molecule has 1 aliphatic rings. The van der Waals surface area contributed by atoms with Crippen molar-refractivity contribution in [1.29, 1.82) is 0 Å². The molecule has 0 heterocycles. The molecule has 0 bridgehead atoms. The van der Waals surface area contributed by atoms with Gasteiger partial charge in [-0.3, -0.25) is 4.79 Å². The van der Waals surface area contributed by atoms with Crippen LogP contribution in [-0.4, -0.2) is 25.2 Å². The highest BCUT2D eigenvalue weighted by atomic mass is 16.5. The number of hydrogen-bond donors (Lipinski definition) is 0. The normalized spacial score (nSPS) is 27.5. The monoisotopic (exact) mass is 183 g/mol. The number of carbonyl (C=O) groups is 1. The fourth-order valence-corrected chi connectivity index (χ4v) is 1.74. The summed E-state index contributed by atoms with van der Waals surface area (Å²) < 4.78 is 4.64. The molecule has 13 heavy (non-hydrogen) atoms. The predicted octanol–water partition coefficient (Wildman–Crippen LogP) is 1.05. The van der Waals surface area contributed by atoms with Crippen molar-refractivity contribution in [3.8, 4) is 0 Å². The Balaban J connectivity index is 2.50. The second kappa shape index (κ2) is 4.77. The molecule has 72 valence electrons. The first-order chi connectivity index (χ1) is 6.27. The Kier molecular flexibility index (Phi) is 3.65. The Morgan fingerprint density at radius 3 is 2.92 bits per heavy atom. The fraction of sp³-hybridized carbons (Fsp3) is 0.778. The molecule has 0 saturated heterocycles. The third-order valence-electron chi connectivity index (χ3n) is 2.42. The third kappa shape index (κ3) is 2.67. The number of carbonyl (C=O) groups excluding carboxylic acids is 2. The fourth-order valence-electron chi connectivity index (χ4n) is 1.74. The number of hydrogen-bond acceptors (Lipinski definition) is 4. The summed E-state index contributed by atoms with van der Waals surface area (Å²) in [6.45, 7) is 0. The van der Waals surface area contributed by atoms with Gasteiger partial charge in [-0.05, 0) is 19.3 Å². The average Bonchev–Trinajstić information content (AvgIpc) is 2.18. The standard InChI is InChI=1S/C9H13NO3/c1-13-9(12)7-3-2-4-8(5-7)10-6-11/h7-8H,2-5H2,1H3/t7-,8+/m0/s1. The molecule has 0 aromatic rings. The van der Waals surface area contributed by atoms with E-state index in [1.54, 1.807) is 0 Å². The smallest absolute Gasteiger partial charge is 0.308 e. The van der Waals surface area contributed by atoms with Crippen LogP contribution in [0.5, 0.6) is 0 Å². The minimum absolute atomic E-state index is 0.0321. The van der Waals surface area contributed by atoms with Crippen molar-refractivity contribution in [1.82, 2.24) is 0 Å². The number of esters is 1. The van der Waals surface area contributed by atoms with E-state index in [-0.39, 0.29) is 17.9 Å². The molecular weight excluding hydrogens is 170 g/mol. The highest BCUT2D eigenvalue weighted by Gasteiger charge is 2.27. The number of methoxy groups -OCH3 is 1. The molecule has 0 unspecified atom stereocenters. The molecule has 0 amide bonds. The highest BCUT2D eigenvalue weighted by Crippen LogP contribution is 2.26. The van der Waals surface area contributed by atoms with Crippen molar-refractivity contribution < 1.29 is 14.3 Å². The number of aliphatic imine (C=N–C) groups is 1. The largest absolute Gasteiger partial charge is 0.469 e. The molecule has 0 aliphatic heterocycles. The Bertz CT molecular complexity index is 233. The molecule has 0 aromatic carbocycles. The van der Waals surface area contributed by atoms with Crippen LogP contribution in [-0.2, 0) is 14.3 Å². The third-order valence-corrected chi connectivity index (χ3v) is 2.42. The molecule has 1 fully saturated rings. The van der Waals surface area contributed by atoms with Gasteiger partial charge in [0.1, 0.15) is 0 Å². The van der Waals surface area contributed by atoms with Crippen molar-refractivity contribution in [3.05, 3.63) is 0 Å². The van der Waals surface area contributed by atoms with E-state index in [0.29, 0.717) is 6.42 Å². The van der Waals surface area contributed by atoms with Crippen LogP contribution >= 0.6 is 0 Å². The van der Waals surface area contributed by atoms with E-state index < -0.39 is 0 Å². The van der Waals surface area contributed by atoms with E-state index in [9.17, 15) is 9.59 Å². The van der Waals surface area contributed by atoms with Crippen molar-refractivity contribution in [3.63, 3.8) is 0 Å². The van der Waals surface area contributed by atoms with Crippen LogP contribution in [0.4, 0.5) is 0 Å². The summed E-state index contributed by atoms with van der Waals surface area (Å²) in [7, 11) is 1.38. The zero-order valence-electron chi connectivity index (χ0n) is 7.66. The zero-order valence-corrected chi connectivity index (χ0v) is 7.66. The summed E-state index contributed by atoms with van der Waals surface area (Å²) >= 11 is 0.